The first-order valence-corrected chi connectivity index (χ1v) is 9.42. The Morgan fingerprint density at radius 1 is 1.11 bits per heavy atom. The van der Waals surface area contributed by atoms with Crippen molar-refractivity contribution in [3.05, 3.63) is 61.2 Å². The molecular weight excluding hydrogens is 360 g/mol. The van der Waals surface area contributed by atoms with Gasteiger partial charge in [0.15, 0.2) is 5.16 Å². The van der Waals surface area contributed by atoms with Gasteiger partial charge in [-0.25, -0.2) is 4.98 Å². The van der Waals surface area contributed by atoms with Crippen molar-refractivity contribution in [3.8, 4) is 0 Å². The maximum atomic E-state index is 12.3. The summed E-state index contributed by atoms with van der Waals surface area (Å²) in [5.74, 6) is -0.0106. The van der Waals surface area contributed by atoms with Crippen LogP contribution in [0.25, 0.3) is 11.0 Å². The molecule has 0 bridgehead atoms. The molecule has 0 fully saturated rings. The maximum Gasteiger partial charge on any atom is 0.234 e. The van der Waals surface area contributed by atoms with Gasteiger partial charge in [0.05, 0.1) is 16.8 Å². The summed E-state index contributed by atoms with van der Waals surface area (Å²) in [5, 5.41) is 6.32. The smallest absolute Gasteiger partial charge is 0.234 e. The number of allylic oxidation sites excluding steroid dienone is 1. The molecule has 2 amide bonds. The van der Waals surface area contributed by atoms with E-state index in [9.17, 15) is 9.59 Å². The van der Waals surface area contributed by atoms with Gasteiger partial charge in [-0.15, -0.1) is 6.58 Å². The number of para-hydroxylation sites is 2. The fourth-order valence-corrected chi connectivity index (χ4v) is 3.46. The summed E-state index contributed by atoms with van der Waals surface area (Å²) in [4.78, 5) is 27.9. The molecule has 0 spiro atoms. The number of carbonyl (C=O) groups excluding carboxylic acids is 2. The summed E-state index contributed by atoms with van der Waals surface area (Å²) < 4.78 is 2.04. The number of fused-ring (bicyclic) bond motifs is 1. The molecule has 6 nitrogen and oxygen atoms in total. The molecule has 3 aromatic rings. The van der Waals surface area contributed by atoms with Gasteiger partial charge in [-0.2, -0.15) is 0 Å². The standard InChI is InChI=1S/C20H20N4O2S/c1-3-12-24-18-7-5-4-6-17(18)23-20(24)27-13-19(26)22-16-10-8-15(9-11-16)21-14(2)25/h3-11H,1,12-13H2,2H3,(H,21,25)(H,22,26). The predicted octanol–water partition coefficient (Wildman–Crippen LogP) is 3.91. The van der Waals surface area contributed by atoms with Crippen LogP contribution in [0, 0.1) is 0 Å². The highest BCUT2D eigenvalue weighted by atomic mass is 32.2. The number of amides is 2. The Labute approximate surface area is 161 Å². The fourth-order valence-electron chi connectivity index (χ4n) is 2.64. The average molecular weight is 380 g/mol. The molecule has 2 aromatic carbocycles. The lowest BCUT2D eigenvalue weighted by molar-refractivity contribution is -0.114. The quantitative estimate of drug-likeness (QED) is 0.481. The van der Waals surface area contributed by atoms with Gasteiger partial charge in [-0.05, 0) is 36.4 Å². The van der Waals surface area contributed by atoms with Crippen LogP contribution in [-0.2, 0) is 16.1 Å². The molecule has 0 radical (unpaired) electrons. The summed E-state index contributed by atoms with van der Waals surface area (Å²) in [6.45, 7) is 5.88. The molecule has 0 aliphatic rings. The Morgan fingerprint density at radius 2 is 1.78 bits per heavy atom. The third kappa shape index (κ3) is 4.77. The second-order valence-corrected chi connectivity index (χ2v) is 6.82. The molecule has 0 aliphatic heterocycles. The first kappa shape index (κ1) is 18.7. The number of carbonyl (C=O) groups is 2. The predicted molar refractivity (Wildman–Crippen MR) is 110 cm³/mol. The fraction of sp³-hybridized carbons (Fsp3) is 0.150. The topological polar surface area (TPSA) is 76.0 Å². The highest BCUT2D eigenvalue weighted by molar-refractivity contribution is 7.99. The van der Waals surface area contributed by atoms with Crippen LogP contribution in [-0.4, -0.2) is 27.1 Å². The van der Waals surface area contributed by atoms with Crippen LogP contribution in [0.1, 0.15) is 6.92 Å². The van der Waals surface area contributed by atoms with Crippen molar-refractivity contribution in [2.75, 3.05) is 16.4 Å². The average Bonchev–Trinajstić information content (AvgIpc) is 2.99. The number of thioether (sulfide) groups is 1. The number of anilines is 2. The van der Waals surface area contributed by atoms with Crippen LogP contribution >= 0.6 is 11.8 Å². The number of rotatable bonds is 7. The van der Waals surface area contributed by atoms with E-state index >= 15 is 0 Å². The van der Waals surface area contributed by atoms with Gasteiger partial charge < -0.3 is 15.2 Å². The Balaban J connectivity index is 1.64. The van der Waals surface area contributed by atoms with E-state index in [1.807, 2.05) is 34.9 Å². The summed E-state index contributed by atoms with van der Waals surface area (Å²) in [6, 6.07) is 14.9. The van der Waals surface area contributed by atoms with Crippen LogP contribution in [0.15, 0.2) is 66.3 Å². The normalized spacial score (nSPS) is 10.6. The van der Waals surface area contributed by atoms with Crippen LogP contribution in [0.5, 0.6) is 0 Å². The van der Waals surface area contributed by atoms with Crippen molar-refractivity contribution in [2.24, 2.45) is 0 Å². The monoisotopic (exact) mass is 380 g/mol. The number of hydrogen-bond acceptors (Lipinski definition) is 4. The molecule has 138 valence electrons. The van der Waals surface area contributed by atoms with Gasteiger partial charge in [0.1, 0.15) is 0 Å². The lowest BCUT2D eigenvalue weighted by Crippen LogP contribution is -2.14. The first-order chi connectivity index (χ1) is 13.1. The second-order valence-electron chi connectivity index (χ2n) is 5.88. The van der Waals surface area contributed by atoms with E-state index in [-0.39, 0.29) is 17.6 Å². The third-order valence-corrected chi connectivity index (χ3v) is 4.73. The third-order valence-electron chi connectivity index (χ3n) is 3.75. The molecular formula is C20H20N4O2S. The van der Waals surface area contributed by atoms with Crippen molar-refractivity contribution in [1.82, 2.24) is 9.55 Å². The molecule has 3 rings (SSSR count). The summed E-state index contributed by atoms with van der Waals surface area (Å²) >= 11 is 1.39. The van der Waals surface area contributed by atoms with Crippen molar-refractivity contribution in [2.45, 2.75) is 18.6 Å². The molecule has 1 aromatic heterocycles. The lowest BCUT2D eigenvalue weighted by atomic mass is 10.3. The minimum Gasteiger partial charge on any atom is -0.326 e. The molecule has 2 N–H and O–H groups in total. The van der Waals surface area contributed by atoms with E-state index in [0.717, 1.165) is 16.2 Å². The van der Waals surface area contributed by atoms with Gasteiger partial charge in [0, 0.05) is 24.8 Å². The molecule has 0 atom stereocenters. The first-order valence-electron chi connectivity index (χ1n) is 8.43. The van der Waals surface area contributed by atoms with E-state index in [4.69, 9.17) is 0 Å². The zero-order valence-corrected chi connectivity index (χ0v) is 15.8. The van der Waals surface area contributed by atoms with Crippen LogP contribution in [0.2, 0.25) is 0 Å². The summed E-state index contributed by atoms with van der Waals surface area (Å²) in [7, 11) is 0. The highest BCUT2D eigenvalue weighted by Crippen LogP contribution is 2.24. The molecule has 27 heavy (non-hydrogen) atoms. The number of nitrogens with zero attached hydrogens (tertiary/aromatic N) is 2. The Morgan fingerprint density at radius 3 is 2.44 bits per heavy atom. The summed E-state index contributed by atoms with van der Waals surface area (Å²) in [6.07, 6.45) is 1.81. The van der Waals surface area contributed by atoms with Gasteiger partial charge in [0.2, 0.25) is 11.8 Å². The Kier molecular flexibility index (Phi) is 5.93. The second kappa shape index (κ2) is 8.55. The van der Waals surface area contributed by atoms with E-state index in [2.05, 4.69) is 22.2 Å². The molecule has 1 heterocycles. The molecule has 0 saturated carbocycles. The lowest BCUT2D eigenvalue weighted by Gasteiger charge is -2.08. The Bertz CT molecular complexity index is 979. The SMILES string of the molecule is C=CCn1c(SCC(=O)Nc2ccc(NC(C)=O)cc2)nc2ccccc21. The van der Waals surface area contributed by atoms with Crippen molar-refractivity contribution in [3.63, 3.8) is 0 Å². The van der Waals surface area contributed by atoms with Gasteiger partial charge in [-0.3, -0.25) is 9.59 Å². The molecule has 0 unspecified atom stereocenters. The largest absolute Gasteiger partial charge is 0.326 e. The molecule has 0 aliphatic carbocycles. The van der Waals surface area contributed by atoms with Gasteiger partial charge in [0.25, 0.3) is 0 Å². The number of nitrogens with one attached hydrogen (secondary N) is 2. The van der Waals surface area contributed by atoms with Crippen molar-refractivity contribution < 1.29 is 9.59 Å². The number of hydrogen-bond donors (Lipinski definition) is 2. The highest BCUT2D eigenvalue weighted by Gasteiger charge is 2.12. The number of benzene rings is 2. The van der Waals surface area contributed by atoms with Crippen LogP contribution in [0.4, 0.5) is 11.4 Å². The van der Waals surface area contributed by atoms with Crippen LogP contribution in [0.3, 0.4) is 0 Å². The minimum absolute atomic E-state index is 0.121. The van der Waals surface area contributed by atoms with E-state index < -0.39 is 0 Å². The maximum absolute atomic E-state index is 12.3. The van der Waals surface area contributed by atoms with Gasteiger partial charge >= 0.3 is 0 Å². The van der Waals surface area contributed by atoms with E-state index in [0.29, 0.717) is 17.9 Å². The number of aromatic nitrogens is 2. The summed E-state index contributed by atoms with van der Waals surface area (Å²) in [5.41, 5.74) is 3.28. The zero-order chi connectivity index (χ0) is 19.2. The Hall–Kier alpha value is -3.06. The minimum atomic E-state index is -0.134. The van der Waals surface area contributed by atoms with Gasteiger partial charge in [-0.1, -0.05) is 30.0 Å². The molecule has 7 heteroatoms. The molecule has 0 saturated heterocycles. The number of imidazole rings is 1. The van der Waals surface area contributed by atoms with Crippen molar-refractivity contribution >= 4 is 46.0 Å². The van der Waals surface area contributed by atoms with E-state index in [1.165, 1.54) is 18.7 Å². The van der Waals surface area contributed by atoms with Crippen molar-refractivity contribution in [1.29, 1.82) is 0 Å². The van der Waals surface area contributed by atoms with E-state index in [1.54, 1.807) is 24.3 Å². The van der Waals surface area contributed by atoms with Crippen LogP contribution < -0.4 is 10.6 Å². The zero-order valence-electron chi connectivity index (χ0n) is 14.9.